The molecule has 1 fully saturated rings. The van der Waals surface area contributed by atoms with Gasteiger partial charge in [-0.15, -0.1) is 0 Å². The van der Waals surface area contributed by atoms with Crippen molar-refractivity contribution in [3.63, 3.8) is 0 Å². The Kier molecular flexibility index (Phi) is 3.40. The van der Waals surface area contributed by atoms with Crippen LogP contribution in [-0.2, 0) is 40.7 Å². The second-order valence-corrected chi connectivity index (χ2v) is 6.94. The lowest BCUT2D eigenvalue weighted by Crippen LogP contribution is -2.38. The van der Waals surface area contributed by atoms with Crippen molar-refractivity contribution in [1.29, 1.82) is 0 Å². The van der Waals surface area contributed by atoms with Crippen LogP contribution in [-0.4, -0.2) is 37.3 Å². The summed E-state index contributed by atoms with van der Waals surface area (Å²) in [5.74, 6) is -1.85. The van der Waals surface area contributed by atoms with Crippen molar-refractivity contribution in [3.8, 4) is 0 Å². The van der Waals surface area contributed by atoms with E-state index >= 15 is 0 Å². The molecule has 28 heavy (non-hydrogen) atoms. The quantitative estimate of drug-likeness (QED) is 0.648. The zero-order chi connectivity index (χ0) is 19.6. The molecule has 2 atom stereocenters. The van der Waals surface area contributed by atoms with Gasteiger partial charge in [-0.05, 0) is 6.07 Å². The summed E-state index contributed by atoms with van der Waals surface area (Å²) in [4.78, 5) is 41.4. The molecular formula is C18H17N5O5. The van der Waals surface area contributed by atoms with Gasteiger partial charge in [0.2, 0.25) is 0 Å². The van der Waals surface area contributed by atoms with Gasteiger partial charge >= 0.3 is 5.69 Å². The molecule has 3 aromatic rings. The van der Waals surface area contributed by atoms with Crippen LogP contribution in [0.3, 0.4) is 0 Å². The molecule has 0 saturated carbocycles. The van der Waals surface area contributed by atoms with Crippen molar-refractivity contribution in [3.05, 3.63) is 57.0 Å². The Labute approximate surface area is 157 Å². The maximum atomic E-state index is 12.6. The van der Waals surface area contributed by atoms with Crippen molar-refractivity contribution in [2.45, 2.75) is 18.4 Å². The van der Waals surface area contributed by atoms with Gasteiger partial charge in [0, 0.05) is 19.7 Å². The number of fused-ring (bicyclic) bond motifs is 3. The summed E-state index contributed by atoms with van der Waals surface area (Å²) in [5.41, 5.74) is 1.01. The van der Waals surface area contributed by atoms with E-state index in [1.54, 1.807) is 23.7 Å². The summed E-state index contributed by atoms with van der Waals surface area (Å²) < 4.78 is 15.8. The lowest BCUT2D eigenvalue weighted by molar-refractivity contribution is -0.184. The third-order valence-corrected chi connectivity index (χ3v) is 5.25. The topological polar surface area (TPSA) is 109 Å². The van der Waals surface area contributed by atoms with Crippen molar-refractivity contribution in [1.82, 2.24) is 18.7 Å². The first-order chi connectivity index (χ1) is 13.4. The Morgan fingerprint density at radius 2 is 2.00 bits per heavy atom. The number of benzene rings is 1. The maximum Gasteiger partial charge on any atom is 0.332 e. The number of carbonyl (C=O) groups is 1. The Balaban J connectivity index is 1.51. The van der Waals surface area contributed by atoms with Crippen molar-refractivity contribution >= 4 is 22.8 Å². The molecule has 2 aliphatic rings. The lowest BCUT2D eigenvalue weighted by atomic mass is 10.1. The number of nitrogens with zero attached hydrogens (tertiary/aromatic N) is 4. The van der Waals surface area contributed by atoms with Gasteiger partial charge in [-0.2, -0.15) is 0 Å². The standard InChI is InChI=1S/C18H17N5O5/c1-21-14-13(15(24)22(2)17(21)26)23(9-19-14)7-10-8-27-18(28-10)11-5-3-4-6-12(11)20-16(18)25/h3-6,9-10H,7-8H2,1-2H3,(H,20,25)/t10-,18+/m1/s1. The summed E-state index contributed by atoms with van der Waals surface area (Å²) in [6, 6.07) is 7.21. The number of ether oxygens (including phenoxy) is 2. The first kappa shape index (κ1) is 16.9. The van der Waals surface area contributed by atoms with Gasteiger partial charge in [0.1, 0.15) is 6.10 Å². The highest BCUT2D eigenvalue weighted by Crippen LogP contribution is 2.43. The minimum Gasteiger partial charge on any atom is -0.336 e. The van der Waals surface area contributed by atoms with Crippen molar-refractivity contribution in [2.75, 3.05) is 11.9 Å². The second kappa shape index (κ2) is 5.63. The molecule has 4 heterocycles. The van der Waals surface area contributed by atoms with E-state index in [4.69, 9.17) is 9.47 Å². The lowest BCUT2D eigenvalue weighted by Gasteiger charge is -2.20. The molecule has 0 unspecified atom stereocenters. The second-order valence-electron chi connectivity index (χ2n) is 6.94. The van der Waals surface area contributed by atoms with Gasteiger partial charge in [0.25, 0.3) is 17.3 Å². The van der Waals surface area contributed by atoms with Crippen LogP contribution >= 0.6 is 0 Å². The van der Waals surface area contributed by atoms with Crippen LogP contribution in [0.15, 0.2) is 40.2 Å². The predicted octanol–water partition coefficient (Wildman–Crippen LogP) is -0.346. The fraction of sp³-hybridized carbons (Fsp3) is 0.333. The fourth-order valence-corrected chi connectivity index (χ4v) is 3.82. The minimum absolute atomic E-state index is 0.174. The molecule has 144 valence electrons. The number of hydrogen-bond donors (Lipinski definition) is 1. The number of amides is 1. The highest BCUT2D eigenvalue weighted by molar-refractivity contribution is 6.04. The Morgan fingerprint density at radius 1 is 1.21 bits per heavy atom. The Bertz CT molecular complexity index is 1260. The molecule has 1 spiro atoms. The zero-order valence-corrected chi connectivity index (χ0v) is 15.2. The number of anilines is 1. The number of para-hydroxylation sites is 1. The van der Waals surface area contributed by atoms with Crippen LogP contribution < -0.4 is 16.6 Å². The van der Waals surface area contributed by atoms with Crippen LogP contribution in [0.4, 0.5) is 5.69 Å². The third kappa shape index (κ3) is 2.09. The first-order valence-electron chi connectivity index (χ1n) is 8.76. The predicted molar refractivity (Wildman–Crippen MR) is 97.8 cm³/mol. The third-order valence-electron chi connectivity index (χ3n) is 5.25. The summed E-state index contributed by atoms with van der Waals surface area (Å²) in [7, 11) is 2.98. The number of aryl methyl sites for hydroxylation is 1. The van der Waals surface area contributed by atoms with E-state index in [0.717, 1.165) is 4.57 Å². The first-order valence-corrected chi connectivity index (χ1v) is 8.76. The molecule has 0 bridgehead atoms. The summed E-state index contributed by atoms with van der Waals surface area (Å²) in [6.07, 6.45) is 1.01. The number of nitrogens with one attached hydrogen (secondary N) is 1. The van der Waals surface area contributed by atoms with E-state index in [-0.39, 0.29) is 19.1 Å². The molecular weight excluding hydrogens is 366 g/mol. The molecule has 1 amide bonds. The summed E-state index contributed by atoms with van der Waals surface area (Å²) in [5, 5.41) is 2.77. The molecule has 5 rings (SSSR count). The zero-order valence-electron chi connectivity index (χ0n) is 15.2. The van der Waals surface area contributed by atoms with Crippen molar-refractivity contribution in [2.24, 2.45) is 14.1 Å². The average Bonchev–Trinajstić information content (AvgIpc) is 3.37. The van der Waals surface area contributed by atoms with Crippen LogP contribution in [0.1, 0.15) is 5.56 Å². The largest absolute Gasteiger partial charge is 0.336 e. The van der Waals surface area contributed by atoms with E-state index in [1.807, 2.05) is 12.1 Å². The van der Waals surface area contributed by atoms with Crippen LogP contribution in [0.5, 0.6) is 0 Å². The van der Waals surface area contributed by atoms with Crippen LogP contribution in [0.2, 0.25) is 0 Å². The smallest absolute Gasteiger partial charge is 0.332 e. The van der Waals surface area contributed by atoms with Gasteiger partial charge in [-0.3, -0.25) is 18.7 Å². The van der Waals surface area contributed by atoms with E-state index in [1.165, 1.54) is 17.9 Å². The molecule has 1 saturated heterocycles. The van der Waals surface area contributed by atoms with Gasteiger partial charge in [0.15, 0.2) is 11.2 Å². The number of carbonyl (C=O) groups excluding carboxylic acids is 1. The normalized spacial score (nSPS) is 23.5. The highest BCUT2D eigenvalue weighted by atomic mass is 16.8. The monoisotopic (exact) mass is 383 g/mol. The van der Waals surface area contributed by atoms with E-state index in [9.17, 15) is 14.4 Å². The number of aromatic nitrogens is 4. The molecule has 10 nitrogen and oxygen atoms in total. The molecule has 1 N–H and O–H groups in total. The van der Waals surface area contributed by atoms with Crippen LogP contribution in [0.25, 0.3) is 11.2 Å². The minimum atomic E-state index is -1.48. The fourth-order valence-electron chi connectivity index (χ4n) is 3.82. The Hall–Kier alpha value is -3.24. The number of imidazole rings is 1. The number of hydrogen-bond acceptors (Lipinski definition) is 6. The number of rotatable bonds is 2. The van der Waals surface area contributed by atoms with Crippen molar-refractivity contribution < 1.29 is 14.3 Å². The maximum absolute atomic E-state index is 12.6. The van der Waals surface area contributed by atoms with Gasteiger partial charge in [-0.25, -0.2) is 9.78 Å². The summed E-state index contributed by atoms with van der Waals surface area (Å²) >= 11 is 0. The summed E-state index contributed by atoms with van der Waals surface area (Å²) in [6.45, 7) is 0.425. The molecule has 2 aliphatic heterocycles. The molecule has 10 heteroatoms. The Morgan fingerprint density at radius 3 is 2.82 bits per heavy atom. The molecule has 2 aromatic heterocycles. The molecule has 0 radical (unpaired) electrons. The van der Waals surface area contributed by atoms with Crippen LogP contribution in [0, 0.1) is 0 Å². The highest BCUT2D eigenvalue weighted by Gasteiger charge is 2.55. The van der Waals surface area contributed by atoms with E-state index in [2.05, 4.69) is 10.3 Å². The van der Waals surface area contributed by atoms with E-state index in [0.29, 0.717) is 22.4 Å². The molecule has 1 aromatic carbocycles. The molecule has 0 aliphatic carbocycles. The SMILES string of the molecule is Cn1c(=O)c2c(ncn2C[C@@H]2CO[C@@]3(O2)C(=O)Nc2ccccc23)n(C)c1=O. The van der Waals surface area contributed by atoms with Gasteiger partial charge in [0.05, 0.1) is 25.2 Å². The average molecular weight is 383 g/mol. The van der Waals surface area contributed by atoms with E-state index < -0.39 is 23.1 Å². The van der Waals surface area contributed by atoms with Gasteiger partial charge in [-0.1, -0.05) is 18.2 Å². The van der Waals surface area contributed by atoms with Gasteiger partial charge < -0.3 is 19.4 Å².